The monoisotopic (exact) mass is 459 g/mol. The largest absolute Gasteiger partial charge is 0.465 e. The number of aromatic nitrogens is 1. The zero-order valence-corrected chi connectivity index (χ0v) is 20.2. The predicted octanol–water partition coefficient (Wildman–Crippen LogP) is 2.72. The number of nitrogens with zero attached hydrogens (tertiary/aromatic N) is 3. The summed E-state index contributed by atoms with van der Waals surface area (Å²) in [6, 6.07) is 0.0115. The van der Waals surface area contributed by atoms with Crippen LogP contribution in [0.4, 0.5) is 16.3 Å². The van der Waals surface area contributed by atoms with Crippen LogP contribution in [-0.2, 0) is 22.6 Å². The Kier molecular flexibility index (Phi) is 6.44. The van der Waals surface area contributed by atoms with Gasteiger partial charge in [0.25, 0.3) is 0 Å². The third-order valence-electron chi connectivity index (χ3n) is 7.06. The van der Waals surface area contributed by atoms with E-state index in [4.69, 9.17) is 20.6 Å². The first-order chi connectivity index (χ1) is 15.6. The number of fused-ring (bicyclic) bond motifs is 1. The van der Waals surface area contributed by atoms with Crippen LogP contribution in [0.3, 0.4) is 0 Å². The number of carbonyl (C=O) groups is 2. The number of ether oxygens (including phenoxy) is 1. The molecule has 9 nitrogen and oxygen atoms in total. The van der Waals surface area contributed by atoms with Gasteiger partial charge >= 0.3 is 6.09 Å². The fraction of sp³-hybridized carbons (Fsp3) is 0.708. The van der Waals surface area contributed by atoms with Crippen molar-refractivity contribution < 1.29 is 19.4 Å². The molecule has 1 atom stereocenters. The van der Waals surface area contributed by atoms with Crippen LogP contribution < -0.4 is 16.0 Å². The van der Waals surface area contributed by atoms with Crippen LogP contribution >= 0.6 is 0 Å². The standard InChI is InChI=1S/C24H37N5O4/c1-14(2)18-12-28(9-10-29(18)19(30)7-8-26-23(31)32)22-20(25)16-11-24(3,4)33-13-17(16)21(27-22)15-5-6-15/h14-15,18,26H,5-13,25H2,1-4H3,(H,31,32)/t18-/m0/s1. The van der Waals surface area contributed by atoms with Crippen LogP contribution in [0, 0.1) is 5.92 Å². The third kappa shape index (κ3) is 5.03. The molecule has 0 radical (unpaired) electrons. The SMILES string of the molecule is CC(C)[C@@H]1CN(c2nc(C3CC3)c3c(c2N)CC(C)(C)OC3)CCN1C(=O)CCNC(=O)O. The average molecular weight is 460 g/mol. The van der Waals surface area contributed by atoms with Crippen molar-refractivity contribution in [3.63, 3.8) is 0 Å². The van der Waals surface area contributed by atoms with Gasteiger partial charge in [-0.2, -0.15) is 0 Å². The normalized spacial score (nSPS) is 22.3. The fourth-order valence-corrected chi connectivity index (χ4v) is 5.04. The van der Waals surface area contributed by atoms with Crippen LogP contribution in [0.25, 0.3) is 0 Å². The quantitative estimate of drug-likeness (QED) is 0.598. The van der Waals surface area contributed by atoms with E-state index in [1.165, 1.54) is 11.1 Å². The first-order valence-electron chi connectivity index (χ1n) is 12.0. The molecule has 182 valence electrons. The number of carbonyl (C=O) groups excluding carboxylic acids is 1. The highest BCUT2D eigenvalue weighted by molar-refractivity contribution is 5.78. The van der Waals surface area contributed by atoms with Crippen molar-refractivity contribution in [1.82, 2.24) is 15.2 Å². The van der Waals surface area contributed by atoms with E-state index in [1.807, 2.05) is 4.90 Å². The number of hydrogen-bond acceptors (Lipinski definition) is 6. The summed E-state index contributed by atoms with van der Waals surface area (Å²) in [7, 11) is 0. The smallest absolute Gasteiger partial charge is 0.404 e. The molecule has 4 rings (SSSR count). The topological polar surface area (TPSA) is 121 Å². The van der Waals surface area contributed by atoms with Crippen molar-refractivity contribution in [2.45, 2.75) is 77.5 Å². The highest BCUT2D eigenvalue weighted by Crippen LogP contribution is 2.46. The van der Waals surface area contributed by atoms with Gasteiger partial charge in [-0.05, 0) is 38.2 Å². The molecule has 0 aromatic carbocycles. The van der Waals surface area contributed by atoms with Crippen molar-refractivity contribution in [3.05, 3.63) is 16.8 Å². The second-order valence-corrected chi connectivity index (χ2v) is 10.5. The van der Waals surface area contributed by atoms with Crippen molar-refractivity contribution in [3.8, 4) is 0 Å². The van der Waals surface area contributed by atoms with E-state index in [9.17, 15) is 9.59 Å². The molecule has 0 bridgehead atoms. The maximum atomic E-state index is 12.8. The molecule has 1 aromatic heterocycles. The van der Waals surface area contributed by atoms with Gasteiger partial charge in [0.2, 0.25) is 5.91 Å². The number of hydrogen-bond donors (Lipinski definition) is 3. The molecule has 33 heavy (non-hydrogen) atoms. The number of nitrogens with two attached hydrogens (primary N) is 1. The lowest BCUT2D eigenvalue weighted by molar-refractivity contribution is -0.134. The van der Waals surface area contributed by atoms with Crippen molar-refractivity contribution in [2.24, 2.45) is 5.92 Å². The second-order valence-electron chi connectivity index (χ2n) is 10.5. The summed E-state index contributed by atoms with van der Waals surface area (Å²) in [4.78, 5) is 32.8. The van der Waals surface area contributed by atoms with Gasteiger partial charge in [0.15, 0.2) is 5.82 Å². The number of carboxylic acid groups (broad SMARTS) is 1. The highest BCUT2D eigenvalue weighted by atomic mass is 16.5. The Labute approximate surface area is 195 Å². The summed E-state index contributed by atoms with van der Waals surface area (Å²) in [5.74, 6) is 1.57. The number of piperazine rings is 1. The zero-order chi connectivity index (χ0) is 23.9. The van der Waals surface area contributed by atoms with Gasteiger partial charge in [-0.1, -0.05) is 13.8 Å². The van der Waals surface area contributed by atoms with Crippen LogP contribution in [-0.4, -0.2) is 64.8 Å². The van der Waals surface area contributed by atoms with E-state index >= 15 is 0 Å². The molecule has 0 spiro atoms. The van der Waals surface area contributed by atoms with Gasteiger partial charge in [0.1, 0.15) is 0 Å². The fourth-order valence-electron chi connectivity index (χ4n) is 5.04. The first-order valence-corrected chi connectivity index (χ1v) is 12.0. The van der Waals surface area contributed by atoms with Crippen LogP contribution in [0.5, 0.6) is 0 Å². The second kappa shape index (κ2) is 9.00. The van der Waals surface area contributed by atoms with Crippen molar-refractivity contribution in [1.29, 1.82) is 0 Å². The minimum atomic E-state index is -1.11. The Bertz CT molecular complexity index is 928. The molecule has 1 saturated carbocycles. The summed E-state index contributed by atoms with van der Waals surface area (Å²) >= 11 is 0. The van der Waals surface area contributed by atoms with Gasteiger partial charge in [0.05, 0.1) is 29.6 Å². The van der Waals surface area contributed by atoms with Gasteiger partial charge in [-0.3, -0.25) is 4.79 Å². The van der Waals surface area contributed by atoms with E-state index < -0.39 is 6.09 Å². The molecular formula is C24H37N5O4. The Hall–Kier alpha value is -2.55. The molecule has 4 N–H and O–H groups in total. The summed E-state index contributed by atoms with van der Waals surface area (Å²) in [6.45, 7) is 11.0. The maximum Gasteiger partial charge on any atom is 0.404 e. The van der Waals surface area contributed by atoms with Crippen LogP contribution in [0.15, 0.2) is 0 Å². The summed E-state index contributed by atoms with van der Waals surface area (Å²) < 4.78 is 6.09. The van der Waals surface area contributed by atoms with Crippen LogP contribution in [0.2, 0.25) is 0 Å². The van der Waals surface area contributed by atoms with Crippen molar-refractivity contribution >= 4 is 23.5 Å². The molecular weight excluding hydrogens is 422 g/mol. The van der Waals surface area contributed by atoms with E-state index in [-0.39, 0.29) is 36.4 Å². The molecule has 3 aliphatic rings. The van der Waals surface area contributed by atoms with Gasteiger partial charge in [-0.25, -0.2) is 9.78 Å². The van der Waals surface area contributed by atoms with E-state index in [0.717, 1.165) is 36.5 Å². The summed E-state index contributed by atoms with van der Waals surface area (Å²) in [6.07, 6.45) is 2.14. The molecule has 3 heterocycles. The minimum absolute atomic E-state index is 0.0115. The number of nitrogen functional groups attached to an aromatic ring is 1. The minimum Gasteiger partial charge on any atom is -0.465 e. The van der Waals surface area contributed by atoms with Gasteiger partial charge in [-0.15, -0.1) is 0 Å². The molecule has 1 aliphatic carbocycles. The molecule has 2 aliphatic heterocycles. The molecule has 1 saturated heterocycles. The number of nitrogens with one attached hydrogen (secondary N) is 1. The van der Waals surface area contributed by atoms with Crippen molar-refractivity contribution in [2.75, 3.05) is 36.8 Å². The maximum absolute atomic E-state index is 12.8. The molecule has 2 amide bonds. The zero-order valence-electron chi connectivity index (χ0n) is 20.2. The summed E-state index contributed by atoms with van der Waals surface area (Å²) in [5, 5.41) is 11.1. The first kappa shape index (κ1) is 23.6. The Morgan fingerprint density at radius 3 is 2.64 bits per heavy atom. The number of amides is 2. The number of rotatable bonds is 6. The lowest BCUT2D eigenvalue weighted by Gasteiger charge is -2.45. The number of pyridine rings is 1. The Balaban J connectivity index is 1.58. The van der Waals surface area contributed by atoms with E-state index in [1.54, 1.807) is 0 Å². The molecule has 9 heteroatoms. The highest BCUT2D eigenvalue weighted by Gasteiger charge is 2.38. The molecule has 0 unspecified atom stereocenters. The lowest BCUT2D eigenvalue weighted by atomic mass is 9.89. The van der Waals surface area contributed by atoms with Gasteiger partial charge in [0, 0.05) is 50.5 Å². The van der Waals surface area contributed by atoms with Gasteiger partial charge < -0.3 is 30.7 Å². The Morgan fingerprint density at radius 1 is 1.27 bits per heavy atom. The molecule has 2 fully saturated rings. The average Bonchev–Trinajstić information content (AvgIpc) is 3.58. The van der Waals surface area contributed by atoms with Crippen LogP contribution in [0.1, 0.15) is 69.7 Å². The number of anilines is 2. The van der Waals surface area contributed by atoms with E-state index in [0.29, 0.717) is 32.2 Å². The predicted molar refractivity (Wildman–Crippen MR) is 126 cm³/mol. The Morgan fingerprint density at radius 2 is 2.00 bits per heavy atom. The van der Waals surface area contributed by atoms with E-state index in [2.05, 4.69) is 37.9 Å². The third-order valence-corrected chi connectivity index (χ3v) is 7.06. The summed E-state index contributed by atoms with van der Waals surface area (Å²) in [5.41, 5.74) is 10.7. The molecule has 1 aromatic rings. The lowest BCUT2D eigenvalue weighted by Crippen LogP contribution is -2.58.